The molecule has 2 atom stereocenters. The van der Waals surface area contributed by atoms with Crippen molar-refractivity contribution in [3.8, 4) is 5.75 Å². The van der Waals surface area contributed by atoms with Crippen LogP contribution in [0.25, 0.3) is 0 Å². The van der Waals surface area contributed by atoms with Gasteiger partial charge in [0.1, 0.15) is 17.4 Å². The Labute approximate surface area is 128 Å². The van der Waals surface area contributed by atoms with Crippen LogP contribution in [0.2, 0.25) is 0 Å². The van der Waals surface area contributed by atoms with Crippen LogP contribution in [0.5, 0.6) is 5.75 Å². The third-order valence-electron chi connectivity index (χ3n) is 3.46. The molecule has 0 saturated heterocycles. The van der Waals surface area contributed by atoms with Crippen molar-refractivity contribution in [1.82, 2.24) is 0 Å². The van der Waals surface area contributed by atoms with Crippen molar-refractivity contribution in [2.75, 3.05) is 13.7 Å². The van der Waals surface area contributed by atoms with E-state index in [1.54, 1.807) is 24.3 Å². The Morgan fingerprint density at radius 3 is 2.73 bits per heavy atom. The van der Waals surface area contributed by atoms with Crippen molar-refractivity contribution in [2.24, 2.45) is 10.9 Å². The fourth-order valence-electron chi connectivity index (χ4n) is 2.34. The van der Waals surface area contributed by atoms with E-state index in [1.165, 1.54) is 7.11 Å². The SMILES string of the molecule is COc1cccc([C@H](C[N+](=O)[O-])C2N=C(C(C)C)C(=O)O2)c1. The molecule has 0 N–H and O–H groups in total. The maximum Gasteiger partial charge on any atom is 0.354 e. The number of nitrogens with zero attached hydrogens (tertiary/aromatic N) is 2. The second-order valence-electron chi connectivity index (χ2n) is 5.36. The first kappa shape index (κ1) is 15.9. The predicted octanol–water partition coefficient (Wildman–Crippen LogP) is 2.04. The topological polar surface area (TPSA) is 91.0 Å². The molecular formula is C15H18N2O5. The van der Waals surface area contributed by atoms with Crippen LogP contribution in [0.15, 0.2) is 29.3 Å². The van der Waals surface area contributed by atoms with E-state index < -0.39 is 23.0 Å². The van der Waals surface area contributed by atoms with Gasteiger partial charge in [-0.05, 0) is 17.7 Å². The van der Waals surface area contributed by atoms with Crippen LogP contribution < -0.4 is 4.74 Å². The lowest BCUT2D eigenvalue weighted by Crippen LogP contribution is -2.25. The summed E-state index contributed by atoms with van der Waals surface area (Å²) < 4.78 is 10.4. The molecule has 0 aromatic heterocycles. The van der Waals surface area contributed by atoms with E-state index in [0.717, 1.165) is 0 Å². The van der Waals surface area contributed by atoms with Crippen LogP contribution in [0.3, 0.4) is 0 Å². The number of carbonyl (C=O) groups excluding carboxylic acids is 1. The summed E-state index contributed by atoms with van der Waals surface area (Å²) in [5.74, 6) is -0.649. The van der Waals surface area contributed by atoms with Crippen LogP contribution >= 0.6 is 0 Å². The Morgan fingerprint density at radius 1 is 1.45 bits per heavy atom. The Morgan fingerprint density at radius 2 is 2.18 bits per heavy atom. The molecule has 0 bridgehead atoms. The van der Waals surface area contributed by atoms with E-state index in [4.69, 9.17) is 9.47 Å². The fourth-order valence-corrected chi connectivity index (χ4v) is 2.34. The standard InChI is InChI=1S/C15H18N2O5/c1-9(2)13-15(18)22-14(16-13)12(8-17(19)20)10-5-4-6-11(7-10)21-3/h4-7,9,12,14H,8H2,1-3H3/t12-,14?/m0/s1. The monoisotopic (exact) mass is 306 g/mol. The van der Waals surface area contributed by atoms with Gasteiger partial charge in [0.05, 0.1) is 7.11 Å². The van der Waals surface area contributed by atoms with Crippen LogP contribution in [0.1, 0.15) is 25.3 Å². The number of hydrogen-bond donors (Lipinski definition) is 0. The van der Waals surface area contributed by atoms with Crippen LogP contribution in [0, 0.1) is 16.0 Å². The minimum absolute atomic E-state index is 0.0842. The van der Waals surface area contributed by atoms with Gasteiger partial charge in [0, 0.05) is 10.8 Å². The second-order valence-corrected chi connectivity index (χ2v) is 5.36. The van der Waals surface area contributed by atoms with Gasteiger partial charge >= 0.3 is 5.97 Å². The first-order chi connectivity index (χ1) is 10.4. The molecule has 118 valence electrons. The highest BCUT2D eigenvalue weighted by Crippen LogP contribution is 2.29. The number of rotatable bonds is 6. The molecule has 1 aromatic rings. The Balaban J connectivity index is 2.34. The number of esters is 1. The summed E-state index contributed by atoms with van der Waals surface area (Å²) in [7, 11) is 1.52. The Hall–Kier alpha value is -2.44. The summed E-state index contributed by atoms with van der Waals surface area (Å²) in [6.07, 6.45) is -0.873. The Kier molecular flexibility index (Phi) is 4.75. The van der Waals surface area contributed by atoms with Crippen molar-refractivity contribution in [2.45, 2.75) is 26.0 Å². The first-order valence-corrected chi connectivity index (χ1v) is 6.96. The molecule has 0 aliphatic carbocycles. The van der Waals surface area contributed by atoms with Crippen LogP contribution in [-0.4, -0.2) is 36.5 Å². The average molecular weight is 306 g/mol. The zero-order valence-corrected chi connectivity index (χ0v) is 12.7. The number of hydrogen-bond acceptors (Lipinski definition) is 6. The maximum absolute atomic E-state index is 11.8. The van der Waals surface area contributed by atoms with Gasteiger partial charge in [0.2, 0.25) is 12.8 Å². The van der Waals surface area contributed by atoms with Gasteiger partial charge in [-0.25, -0.2) is 9.79 Å². The van der Waals surface area contributed by atoms with E-state index in [1.807, 2.05) is 13.8 Å². The predicted molar refractivity (Wildman–Crippen MR) is 79.7 cm³/mol. The number of cyclic esters (lactones) is 1. The van der Waals surface area contributed by atoms with E-state index in [0.29, 0.717) is 17.0 Å². The molecule has 2 rings (SSSR count). The average Bonchev–Trinajstić information content (AvgIpc) is 2.86. The minimum Gasteiger partial charge on any atom is -0.497 e. The number of aliphatic imine (C=N–C) groups is 1. The number of ether oxygens (including phenoxy) is 2. The molecule has 22 heavy (non-hydrogen) atoms. The molecule has 1 aliphatic rings. The van der Waals surface area contributed by atoms with Gasteiger partial charge in [-0.1, -0.05) is 26.0 Å². The Bertz CT molecular complexity index is 612. The summed E-state index contributed by atoms with van der Waals surface area (Å²) in [5, 5.41) is 11.0. The molecule has 1 unspecified atom stereocenters. The van der Waals surface area contributed by atoms with Gasteiger partial charge in [-0.15, -0.1) is 0 Å². The lowest BCUT2D eigenvalue weighted by molar-refractivity contribution is -0.485. The summed E-state index contributed by atoms with van der Waals surface area (Å²) in [4.78, 5) is 26.6. The summed E-state index contributed by atoms with van der Waals surface area (Å²) >= 11 is 0. The zero-order valence-electron chi connectivity index (χ0n) is 12.7. The van der Waals surface area contributed by atoms with E-state index in [-0.39, 0.29) is 12.5 Å². The van der Waals surface area contributed by atoms with Crippen molar-refractivity contribution in [3.63, 3.8) is 0 Å². The van der Waals surface area contributed by atoms with Crippen molar-refractivity contribution in [3.05, 3.63) is 39.9 Å². The van der Waals surface area contributed by atoms with Gasteiger partial charge in [-0.2, -0.15) is 0 Å². The quantitative estimate of drug-likeness (QED) is 0.455. The molecule has 0 fully saturated rings. The van der Waals surface area contributed by atoms with Gasteiger partial charge in [0.25, 0.3) is 0 Å². The van der Waals surface area contributed by atoms with Crippen LogP contribution in [0.4, 0.5) is 0 Å². The molecule has 1 heterocycles. The summed E-state index contributed by atoms with van der Waals surface area (Å²) in [6.45, 7) is 3.28. The smallest absolute Gasteiger partial charge is 0.354 e. The third kappa shape index (κ3) is 3.41. The van der Waals surface area contributed by atoms with E-state index in [9.17, 15) is 14.9 Å². The van der Waals surface area contributed by atoms with Crippen LogP contribution in [-0.2, 0) is 9.53 Å². The second kappa shape index (κ2) is 6.55. The number of carbonyl (C=O) groups is 1. The third-order valence-corrected chi connectivity index (χ3v) is 3.46. The first-order valence-electron chi connectivity index (χ1n) is 6.96. The summed E-state index contributed by atoms with van der Waals surface area (Å²) in [6, 6.07) is 6.93. The maximum atomic E-state index is 11.8. The molecule has 0 radical (unpaired) electrons. The molecule has 1 aliphatic heterocycles. The van der Waals surface area contributed by atoms with Gasteiger partial charge in [0.15, 0.2) is 0 Å². The largest absolute Gasteiger partial charge is 0.497 e. The molecule has 0 spiro atoms. The molecule has 1 aromatic carbocycles. The molecule has 7 heteroatoms. The highest BCUT2D eigenvalue weighted by atomic mass is 16.6. The van der Waals surface area contributed by atoms with Gasteiger partial charge < -0.3 is 9.47 Å². The van der Waals surface area contributed by atoms with Crippen molar-refractivity contribution < 1.29 is 19.2 Å². The number of methoxy groups -OCH3 is 1. The number of benzene rings is 1. The lowest BCUT2D eigenvalue weighted by Gasteiger charge is -2.18. The van der Waals surface area contributed by atoms with Crippen molar-refractivity contribution >= 4 is 11.7 Å². The van der Waals surface area contributed by atoms with E-state index in [2.05, 4.69) is 4.99 Å². The molecular weight excluding hydrogens is 288 g/mol. The number of nitro groups is 1. The summed E-state index contributed by atoms with van der Waals surface area (Å²) in [5.41, 5.74) is 0.976. The van der Waals surface area contributed by atoms with E-state index >= 15 is 0 Å². The van der Waals surface area contributed by atoms with Crippen molar-refractivity contribution in [1.29, 1.82) is 0 Å². The lowest BCUT2D eigenvalue weighted by atomic mass is 9.97. The zero-order chi connectivity index (χ0) is 16.3. The normalized spacial score (nSPS) is 18.8. The fraction of sp³-hybridized carbons (Fsp3) is 0.467. The minimum atomic E-state index is -0.873. The molecule has 0 saturated carbocycles. The highest BCUT2D eigenvalue weighted by Gasteiger charge is 2.38. The molecule has 7 nitrogen and oxygen atoms in total. The molecule has 0 amide bonds. The highest BCUT2D eigenvalue weighted by molar-refractivity contribution is 6.38. The van der Waals surface area contributed by atoms with Gasteiger partial charge in [-0.3, -0.25) is 10.1 Å².